The monoisotopic (exact) mass is 194 g/mol. The number of rotatable bonds is 4. The van der Waals surface area contributed by atoms with Gasteiger partial charge in [-0.3, -0.25) is 0 Å². The van der Waals surface area contributed by atoms with E-state index in [0.29, 0.717) is 5.13 Å². The molecule has 0 unspecified atom stereocenters. The van der Waals surface area contributed by atoms with Gasteiger partial charge in [-0.2, -0.15) is 0 Å². The summed E-state index contributed by atoms with van der Waals surface area (Å²) in [7, 11) is 0. The molecule has 6 heteroatoms. The van der Waals surface area contributed by atoms with Gasteiger partial charge in [-0.15, -0.1) is 0 Å². The fraction of sp³-hybridized carbons (Fsp3) is 0.500. The second kappa shape index (κ2) is 4.32. The number of hydrogen-bond donors (Lipinski definition) is 1. The summed E-state index contributed by atoms with van der Waals surface area (Å²) in [5.74, 6) is 0. The molecule has 0 spiro atoms. The second-order valence-electron chi connectivity index (χ2n) is 2.07. The van der Waals surface area contributed by atoms with E-state index in [4.69, 9.17) is 5.73 Å². The molecule has 1 rings (SSSR count). The van der Waals surface area contributed by atoms with Crippen molar-refractivity contribution in [2.45, 2.75) is 13.0 Å². The van der Waals surface area contributed by atoms with Crippen molar-refractivity contribution in [2.75, 3.05) is 12.3 Å². The van der Waals surface area contributed by atoms with Crippen LogP contribution in [0.15, 0.2) is 6.20 Å². The van der Waals surface area contributed by atoms with Gasteiger partial charge in [0, 0.05) is 6.20 Å². The molecular formula is C6H8F2N2OS. The van der Waals surface area contributed by atoms with Crippen LogP contribution in [0.1, 0.15) is 4.88 Å². The Morgan fingerprint density at radius 2 is 2.42 bits per heavy atom. The van der Waals surface area contributed by atoms with Gasteiger partial charge >= 0.3 is 0 Å². The van der Waals surface area contributed by atoms with Crippen molar-refractivity contribution in [2.24, 2.45) is 0 Å². The summed E-state index contributed by atoms with van der Waals surface area (Å²) in [5, 5.41) is 0.422. The van der Waals surface area contributed by atoms with E-state index < -0.39 is 13.0 Å². The maximum absolute atomic E-state index is 11.6. The lowest BCUT2D eigenvalue weighted by molar-refractivity contribution is 0.0107. The topological polar surface area (TPSA) is 48.1 Å². The van der Waals surface area contributed by atoms with Gasteiger partial charge in [0.05, 0.1) is 11.5 Å². The number of hydrogen-bond acceptors (Lipinski definition) is 4. The van der Waals surface area contributed by atoms with Crippen LogP contribution in [-0.2, 0) is 11.3 Å². The van der Waals surface area contributed by atoms with E-state index in [9.17, 15) is 8.78 Å². The molecule has 0 saturated carbocycles. The van der Waals surface area contributed by atoms with E-state index >= 15 is 0 Å². The van der Waals surface area contributed by atoms with Crippen molar-refractivity contribution in [3.63, 3.8) is 0 Å². The molecule has 0 saturated heterocycles. The Balaban J connectivity index is 2.24. The number of thiazole rings is 1. The summed E-state index contributed by atoms with van der Waals surface area (Å²) in [5.41, 5.74) is 5.31. The molecule has 0 atom stereocenters. The van der Waals surface area contributed by atoms with E-state index in [1.165, 1.54) is 17.5 Å². The van der Waals surface area contributed by atoms with Crippen LogP contribution < -0.4 is 5.73 Å². The number of anilines is 1. The Morgan fingerprint density at radius 1 is 1.67 bits per heavy atom. The van der Waals surface area contributed by atoms with Gasteiger partial charge < -0.3 is 10.5 Å². The molecule has 0 amide bonds. The average molecular weight is 194 g/mol. The van der Waals surface area contributed by atoms with E-state index in [2.05, 4.69) is 9.72 Å². The lowest BCUT2D eigenvalue weighted by Gasteiger charge is -1.99. The molecular weight excluding hydrogens is 186 g/mol. The highest BCUT2D eigenvalue weighted by atomic mass is 32.1. The molecule has 0 aliphatic carbocycles. The predicted molar refractivity (Wildman–Crippen MR) is 42.2 cm³/mol. The number of nitrogens with two attached hydrogens (primary N) is 1. The Morgan fingerprint density at radius 3 is 2.92 bits per heavy atom. The Bertz CT molecular complexity index is 241. The summed E-state index contributed by atoms with van der Waals surface area (Å²) in [4.78, 5) is 4.50. The lowest BCUT2D eigenvalue weighted by atomic mass is 10.6. The van der Waals surface area contributed by atoms with Gasteiger partial charge in [0.1, 0.15) is 6.61 Å². The molecule has 0 aromatic carbocycles. The SMILES string of the molecule is Nc1ncc(COCC(F)F)s1. The third-order valence-corrected chi connectivity index (χ3v) is 1.86. The van der Waals surface area contributed by atoms with Crippen molar-refractivity contribution in [3.8, 4) is 0 Å². The third-order valence-electron chi connectivity index (χ3n) is 1.06. The summed E-state index contributed by atoms with van der Waals surface area (Å²) < 4.78 is 27.8. The van der Waals surface area contributed by atoms with Crippen LogP contribution in [-0.4, -0.2) is 18.0 Å². The molecule has 1 aromatic rings. The van der Waals surface area contributed by atoms with Crippen molar-refractivity contribution >= 4 is 16.5 Å². The molecule has 0 aliphatic rings. The highest BCUT2D eigenvalue weighted by molar-refractivity contribution is 7.15. The lowest BCUT2D eigenvalue weighted by Crippen LogP contribution is -2.03. The van der Waals surface area contributed by atoms with Gasteiger partial charge in [-0.05, 0) is 0 Å². The summed E-state index contributed by atoms with van der Waals surface area (Å²) >= 11 is 1.24. The molecule has 0 bridgehead atoms. The second-order valence-corrected chi connectivity index (χ2v) is 3.22. The molecule has 0 radical (unpaired) electrons. The zero-order chi connectivity index (χ0) is 8.97. The number of aromatic nitrogens is 1. The quantitative estimate of drug-likeness (QED) is 0.790. The highest BCUT2D eigenvalue weighted by Gasteiger charge is 2.03. The maximum atomic E-state index is 11.6. The fourth-order valence-electron chi connectivity index (χ4n) is 0.638. The Hall–Kier alpha value is -0.750. The molecule has 12 heavy (non-hydrogen) atoms. The summed E-state index contributed by atoms with van der Waals surface area (Å²) in [6.07, 6.45) is -0.902. The highest BCUT2D eigenvalue weighted by Crippen LogP contribution is 2.15. The van der Waals surface area contributed by atoms with Crippen LogP contribution in [0.4, 0.5) is 13.9 Å². The van der Waals surface area contributed by atoms with Crippen LogP contribution in [0.2, 0.25) is 0 Å². The third kappa shape index (κ3) is 3.10. The maximum Gasteiger partial charge on any atom is 0.261 e. The Kier molecular flexibility index (Phi) is 3.36. The molecule has 2 N–H and O–H groups in total. The van der Waals surface area contributed by atoms with E-state index in [1.807, 2.05) is 0 Å². The average Bonchev–Trinajstić information content (AvgIpc) is 2.35. The van der Waals surface area contributed by atoms with Crippen LogP contribution >= 0.6 is 11.3 Å². The summed E-state index contributed by atoms with van der Waals surface area (Å²) in [6, 6.07) is 0. The van der Waals surface area contributed by atoms with Crippen molar-refractivity contribution < 1.29 is 13.5 Å². The standard InChI is InChI=1S/C6H8F2N2OS/c7-5(8)3-11-2-4-1-10-6(9)12-4/h1,5H,2-3H2,(H2,9,10). The van der Waals surface area contributed by atoms with Crippen LogP contribution in [0.5, 0.6) is 0 Å². The molecule has 3 nitrogen and oxygen atoms in total. The first-order valence-corrected chi connectivity index (χ1v) is 4.06. The van der Waals surface area contributed by atoms with E-state index in [1.54, 1.807) is 0 Å². The minimum absolute atomic E-state index is 0.152. The number of ether oxygens (including phenoxy) is 1. The molecule has 1 heterocycles. The summed E-state index contributed by atoms with van der Waals surface area (Å²) in [6.45, 7) is -0.392. The number of nitrogen functional groups attached to an aromatic ring is 1. The normalized spacial score (nSPS) is 10.9. The Labute approximate surface area is 72.2 Å². The van der Waals surface area contributed by atoms with Crippen molar-refractivity contribution in [1.29, 1.82) is 0 Å². The predicted octanol–water partition coefficient (Wildman–Crippen LogP) is 1.51. The number of alkyl halides is 2. The van der Waals surface area contributed by atoms with Gasteiger partial charge in [-0.1, -0.05) is 11.3 Å². The van der Waals surface area contributed by atoms with Gasteiger partial charge in [0.25, 0.3) is 6.43 Å². The molecule has 1 aromatic heterocycles. The largest absolute Gasteiger partial charge is 0.375 e. The number of halogens is 2. The van der Waals surface area contributed by atoms with Gasteiger partial charge in [-0.25, -0.2) is 13.8 Å². The van der Waals surface area contributed by atoms with Crippen molar-refractivity contribution in [3.05, 3.63) is 11.1 Å². The first-order valence-electron chi connectivity index (χ1n) is 3.24. The minimum Gasteiger partial charge on any atom is -0.375 e. The zero-order valence-electron chi connectivity index (χ0n) is 6.17. The molecule has 68 valence electrons. The first-order chi connectivity index (χ1) is 5.68. The van der Waals surface area contributed by atoms with Crippen LogP contribution in [0.3, 0.4) is 0 Å². The van der Waals surface area contributed by atoms with Crippen LogP contribution in [0.25, 0.3) is 0 Å². The zero-order valence-corrected chi connectivity index (χ0v) is 6.98. The van der Waals surface area contributed by atoms with Crippen LogP contribution in [0, 0.1) is 0 Å². The number of nitrogens with zero attached hydrogens (tertiary/aromatic N) is 1. The van der Waals surface area contributed by atoms with Crippen molar-refractivity contribution in [1.82, 2.24) is 4.98 Å². The fourth-order valence-corrected chi connectivity index (χ4v) is 1.26. The van der Waals surface area contributed by atoms with Gasteiger partial charge in [0.15, 0.2) is 5.13 Å². The smallest absolute Gasteiger partial charge is 0.261 e. The first kappa shape index (κ1) is 9.34. The minimum atomic E-state index is -2.42. The molecule has 0 aliphatic heterocycles. The molecule has 0 fully saturated rings. The van der Waals surface area contributed by atoms with Gasteiger partial charge in [0.2, 0.25) is 0 Å². The van der Waals surface area contributed by atoms with E-state index in [-0.39, 0.29) is 6.61 Å². The van der Waals surface area contributed by atoms with E-state index in [0.717, 1.165) is 4.88 Å².